The summed E-state index contributed by atoms with van der Waals surface area (Å²) >= 11 is 3.04. The molecule has 2 aromatic heterocycles. The maximum atomic E-state index is 12.9. The van der Waals surface area contributed by atoms with Gasteiger partial charge in [-0.15, -0.1) is 22.7 Å². The van der Waals surface area contributed by atoms with Gasteiger partial charge in [-0.3, -0.25) is 9.59 Å². The second-order valence-electron chi connectivity index (χ2n) is 6.37. The van der Waals surface area contributed by atoms with Crippen molar-refractivity contribution in [3.8, 4) is 9.88 Å². The number of carbonyl (C=O) groups is 2. The van der Waals surface area contributed by atoms with Crippen molar-refractivity contribution in [1.29, 1.82) is 0 Å². The second-order valence-corrected chi connectivity index (χ2v) is 8.17. The van der Waals surface area contributed by atoms with Crippen LogP contribution in [0.1, 0.15) is 40.1 Å². The van der Waals surface area contributed by atoms with E-state index < -0.39 is 0 Å². The molecule has 7 heteroatoms. The average molecular weight is 398 g/mol. The van der Waals surface area contributed by atoms with Crippen LogP contribution in [0.3, 0.4) is 0 Å². The molecule has 0 bridgehead atoms. The van der Waals surface area contributed by atoms with E-state index in [9.17, 15) is 9.59 Å². The molecule has 2 amide bonds. The van der Waals surface area contributed by atoms with Gasteiger partial charge >= 0.3 is 0 Å². The van der Waals surface area contributed by atoms with Crippen molar-refractivity contribution in [2.75, 3.05) is 18.4 Å². The number of likely N-dealkylation sites (tertiary alicyclic amines) is 1. The molecular formula is C20H19N3O2S2. The summed E-state index contributed by atoms with van der Waals surface area (Å²) in [6.45, 7) is 1.55. The largest absolute Gasteiger partial charge is 0.339 e. The van der Waals surface area contributed by atoms with Gasteiger partial charge in [0.25, 0.3) is 11.8 Å². The van der Waals surface area contributed by atoms with Gasteiger partial charge in [0.05, 0.1) is 16.1 Å². The van der Waals surface area contributed by atoms with Crippen molar-refractivity contribution in [2.24, 2.45) is 0 Å². The van der Waals surface area contributed by atoms with Crippen molar-refractivity contribution in [1.82, 2.24) is 9.88 Å². The number of thiophene rings is 1. The normalized spacial score (nSPS) is 14.1. The molecule has 1 saturated heterocycles. The third-order valence-electron chi connectivity index (χ3n) is 4.52. The van der Waals surface area contributed by atoms with E-state index in [-0.39, 0.29) is 11.8 Å². The van der Waals surface area contributed by atoms with E-state index >= 15 is 0 Å². The number of hydrogen-bond acceptors (Lipinski definition) is 5. The lowest BCUT2D eigenvalue weighted by Gasteiger charge is -2.27. The molecule has 1 N–H and O–H groups in total. The summed E-state index contributed by atoms with van der Waals surface area (Å²) < 4.78 is 0. The van der Waals surface area contributed by atoms with E-state index in [1.54, 1.807) is 28.8 Å². The smallest absolute Gasteiger partial charge is 0.275 e. The fraction of sp³-hybridized carbons (Fsp3) is 0.250. The molecule has 1 aromatic carbocycles. The van der Waals surface area contributed by atoms with Crippen LogP contribution in [0.15, 0.2) is 47.2 Å². The Morgan fingerprint density at radius 2 is 1.81 bits per heavy atom. The third-order valence-corrected chi connectivity index (χ3v) is 6.40. The van der Waals surface area contributed by atoms with Gasteiger partial charge < -0.3 is 10.2 Å². The van der Waals surface area contributed by atoms with Crippen LogP contribution in [0.5, 0.6) is 0 Å². The minimum absolute atomic E-state index is 0.0249. The number of para-hydroxylation sites is 1. The summed E-state index contributed by atoms with van der Waals surface area (Å²) in [7, 11) is 0. The number of hydrogen-bond donors (Lipinski definition) is 1. The third kappa shape index (κ3) is 3.94. The minimum atomic E-state index is -0.298. The van der Waals surface area contributed by atoms with Gasteiger partial charge in [-0.05, 0) is 42.8 Å². The van der Waals surface area contributed by atoms with Crippen LogP contribution in [-0.2, 0) is 0 Å². The van der Waals surface area contributed by atoms with E-state index in [0.717, 1.165) is 35.8 Å². The summed E-state index contributed by atoms with van der Waals surface area (Å²) in [5.74, 6) is -0.323. The number of benzene rings is 1. The molecule has 0 spiro atoms. The van der Waals surface area contributed by atoms with Crippen LogP contribution in [-0.4, -0.2) is 34.8 Å². The number of piperidine rings is 1. The zero-order valence-electron chi connectivity index (χ0n) is 14.7. The molecule has 0 saturated carbocycles. The Morgan fingerprint density at radius 1 is 1.00 bits per heavy atom. The number of anilines is 1. The molecule has 0 unspecified atom stereocenters. The molecule has 138 valence electrons. The Kier molecular flexibility index (Phi) is 5.31. The lowest BCUT2D eigenvalue weighted by atomic mass is 10.1. The molecule has 3 aromatic rings. The number of amides is 2. The monoisotopic (exact) mass is 397 g/mol. The number of thiazole rings is 1. The Labute approximate surface area is 165 Å². The zero-order chi connectivity index (χ0) is 18.6. The van der Waals surface area contributed by atoms with Gasteiger partial charge in [-0.25, -0.2) is 4.98 Å². The summed E-state index contributed by atoms with van der Waals surface area (Å²) in [6, 6.07) is 11.1. The van der Waals surface area contributed by atoms with E-state index in [0.29, 0.717) is 16.9 Å². The highest BCUT2D eigenvalue weighted by Gasteiger charge is 2.22. The molecule has 4 rings (SSSR count). The Hall–Kier alpha value is -2.51. The first kappa shape index (κ1) is 17.9. The molecule has 0 radical (unpaired) electrons. The Bertz CT molecular complexity index is 944. The number of nitrogens with zero attached hydrogens (tertiary/aromatic N) is 2. The average Bonchev–Trinajstić information content (AvgIpc) is 3.40. The van der Waals surface area contributed by atoms with Crippen molar-refractivity contribution in [3.63, 3.8) is 0 Å². The highest BCUT2D eigenvalue weighted by molar-refractivity contribution is 7.20. The standard InChI is InChI=1S/C20H19N3O2S2/c24-18(16-13-27-19(22-16)17-9-6-12-26-17)21-15-8-3-2-7-14(15)20(25)23-10-4-1-5-11-23/h2-3,6-9,12-13H,1,4-5,10-11H2,(H,21,24). The lowest BCUT2D eigenvalue weighted by molar-refractivity contribution is 0.0725. The van der Waals surface area contributed by atoms with E-state index in [1.807, 2.05) is 34.5 Å². The van der Waals surface area contributed by atoms with Gasteiger partial charge in [0.1, 0.15) is 10.7 Å². The van der Waals surface area contributed by atoms with E-state index in [1.165, 1.54) is 17.8 Å². The van der Waals surface area contributed by atoms with Crippen molar-refractivity contribution in [3.05, 3.63) is 58.4 Å². The molecule has 1 aliphatic rings. The SMILES string of the molecule is O=C(Nc1ccccc1C(=O)N1CCCCC1)c1csc(-c2cccs2)n1. The number of carbonyl (C=O) groups excluding carboxylic acids is 2. The first-order valence-corrected chi connectivity index (χ1v) is 10.7. The highest BCUT2D eigenvalue weighted by Crippen LogP contribution is 2.28. The fourth-order valence-electron chi connectivity index (χ4n) is 3.12. The number of aromatic nitrogens is 1. The van der Waals surface area contributed by atoms with Crippen molar-refractivity contribution in [2.45, 2.75) is 19.3 Å². The van der Waals surface area contributed by atoms with Gasteiger partial charge in [-0.1, -0.05) is 18.2 Å². The summed E-state index contributed by atoms with van der Waals surface area (Å²) in [6.07, 6.45) is 3.23. The number of rotatable bonds is 4. The molecule has 0 atom stereocenters. The van der Waals surface area contributed by atoms with Crippen LogP contribution in [0.25, 0.3) is 9.88 Å². The molecular weight excluding hydrogens is 378 g/mol. The predicted molar refractivity (Wildman–Crippen MR) is 110 cm³/mol. The molecule has 5 nitrogen and oxygen atoms in total. The van der Waals surface area contributed by atoms with E-state index in [4.69, 9.17) is 0 Å². The van der Waals surface area contributed by atoms with Crippen LogP contribution in [0.2, 0.25) is 0 Å². The minimum Gasteiger partial charge on any atom is -0.339 e. The molecule has 1 aliphatic heterocycles. The van der Waals surface area contributed by atoms with E-state index in [2.05, 4.69) is 10.3 Å². The summed E-state index contributed by atoms with van der Waals surface area (Å²) in [4.78, 5) is 32.9. The second kappa shape index (κ2) is 8.02. The zero-order valence-corrected chi connectivity index (χ0v) is 16.3. The molecule has 3 heterocycles. The van der Waals surface area contributed by atoms with Crippen LogP contribution < -0.4 is 5.32 Å². The quantitative estimate of drug-likeness (QED) is 0.691. The topological polar surface area (TPSA) is 62.3 Å². The number of nitrogens with one attached hydrogen (secondary N) is 1. The molecule has 0 aliphatic carbocycles. The Balaban J connectivity index is 1.52. The van der Waals surface area contributed by atoms with Crippen molar-refractivity contribution >= 4 is 40.2 Å². The fourth-order valence-corrected chi connectivity index (χ4v) is 4.74. The molecule has 1 fully saturated rings. The van der Waals surface area contributed by atoms with Gasteiger partial charge in [0.2, 0.25) is 0 Å². The highest BCUT2D eigenvalue weighted by atomic mass is 32.1. The van der Waals surface area contributed by atoms with Crippen molar-refractivity contribution < 1.29 is 9.59 Å². The summed E-state index contributed by atoms with van der Waals surface area (Å²) in [5, 5.41) is 7.43. The first-order chi connectivity index (χ1) is 13.2. The van der Waals surface area contributed by atoms with Crippen LogP contribution in [0.4, 0.5) is 5.69 Å². The first-order valence-electron chi connectivity index (χ1n) is 8.91. The van der Waals surface area contributed by atoms with Crippen LogP contribution >= 0.6 is 22.7 Å². The molecule has 27 heavy (non-hydrogen) atoms. The van der Waals surface area contributed by atoms with Crippen LogP contribution in [0, 0.1) is 0 Å². The maximum Gasteiger partial charge on any atom is 0.275 e. The summed E-state index contributed by atoms with van der Waals surface area (Å²) in [5.41, 5.74) is 1.42. The van der Waals surface area contributed by atoms with Gasteiger partial charge in [-0.2, -0.15) is 0 Å². The Morgan fingerprint density at radius 3 is 2.59 bits per heavy atom. The van der Waals surface area contributed by atoms with Gasteiger partial charge in [0.15, 0.2) is 0 Å². The lowest BCUT2D eigenvalue weighted by Crippen LogP contribution is -2.36. The maximum absolute atomic E-state index is 12.9. The van der Waals surface area contributed by atoms with Gasteiger partial charge in [0, 0.05) is 18.5 Å². The predicted octanol–water partition coefficient (Wildman–Crippen LogP) is 4.75.